The lowest BCUT2D eigenvalue weighted by Crippen LogP contribution is -2.17. The summed E-state index contributed by atoms with van der Waals surface area (Å²) < 4.78 is 46.6. The van der Waals surface area contributed by atoms with E-state index in [0.29, 0.717) is 24.4 Å². The molecular formula is C26H24F3N5O2. The fourth-order valence-electron chi connectivity index (χ4n) is 3.57. The Morgan fingerprint density at radius 3 is 2.14 bits per heavy atom. The monoisotopic (exact) mass is 495 g/mol. The minimum absolute atomic E-state index is 0.0690. The molecule has 186 valence electrons. The van der Waals surface area contributed by atoms with Gasteiger partial charge in [-0.2, -0.15) is 4.98 Å². The molecule has 0 atom stereocenters. The lowest BCUT2D eigenvalue weighted by atomic mass is 10.0. The number of nitrogen functional groups attached to an aromatic ring is 2. The maximum atomic E-state index is 12.3. The molecule has 36 heavy (non-hydrogen) atoms. The number of ether oxygens (including phenoxy) is 2. The van der Waals surface area contributed by atoms with Crippen molar-refractivity contribution in [2.75, 3.05) is 16.8 Å². The highest BCUT2D eigenvalue weighted by atomic mass is 19.4. The zero-order chi connectivity index (χ0) is 25.5. The zero-order valence-electron chi connectivity index (χ0n) is 19.1. The minimum Gasteiger partial charge on any atom is -0.406 e. The molecule has 4 aromatic rings. The highest BCUT2D eigenvalue weighted by Gasteiger charge is 2.30. The molecule has 5 N–H and O–H groups in total. The predicted molar refractivity (Wildman–Crippen MR) is 132 cm³/mol. The van der Waals surface area contributed by atoms with Crippen molar-refractivity contribution in [1.82, 2.24) is 9.97 Å². The van der Waals surface area contributed by atoms with Gasteiger partial charge < -0.3 is 26.3 Å². The number of rotatable bonds is 9. The van der Waals surface area contributed by atoms with Gasteiger partial charge >= 0.3 is 6.36 Å². The number of hydrogen-bond donors (Lipinski definition) is 3. The first-order valence-corrected chi connectivity index (χ1v) is 11.0. The average molecular weight is 496 g/mol. The third-order valence-corrected chi connectivity index (χ3v) is 5.21. The summed E-state index contributed by atoms with van der Waals surface area (Å²) in [6, 6.07) is 22.9. The maximum absolute atomic E-state index is 12.3. The lowest BCUT2D eigenvalue weighted by Gasteiger charge is -2.14. The van der Waals surface area contributed by atoms with Gasteiger partial charge in [0, 0.05) is 17.8 Å². The number of nitrogens with two attached hydrogens (primary N) is 2. The van der Waals surface area contributed by atoms with E-state index in [1.165, 1.54) is 12.1 Å². The Morgan fingerprint density at radius 1 is 0.778 bits per heavy atom. The standard InChI is InChI=1S/C26H24F3N5O2/c27-26(28,29)36-21-12-6-17(7-13-21)14-32-20-10-8-19(9-11-20)23-22(33-25(31)34-24(23)30)16-35-15-18-4-2-1-3-5-18/h1-13,32H,14-16H2,(H4,30,31,33,34). The fraction of sp³-hybridized carbons (Fsp3) is 0.154. The number of alkyl halides is 3. The van der Waals surface area contributed by atoms with E-state index in [2.05, 4.69) is 20.0 Å². The third kappa shape index (κ3) is 6.86. The van der Waals surface area contributed by atoms with Crippen LogP contribution in [0.1, 0.15) is 16.8 Å². The van der Waals surface area contributed by atoms with Gasteiger partial charge in [0.2, 0.25) is 5.95 Å². The van der Waals surface area contributed by atoms with E-state index < -0.39 is 6.36 Å². The average Bonchev–Trinajstić information content (AvgIpc) is 2.84. The third-order valence-electron chi connectivity index (χ3n) is 5.21. The SMILES string of the molecule is Nc1nc(N)c(-c2ccc(NCc3ccc(OC(F)(F)F)cc3)cc2)c(COCc2ccccc2)n1. The second-order valence-corrected chi connectivity index (χ2v) is 7.89. The van der Waals surface area contributed by atoms with Gasteiger partial charge in [-0.3, -0.25) is 0 Å². The van der Waals surface area contributed by atoms with Crippen LogP contribution in [0, 0.1) is 0 Å². The first-order valence-electron chi connectivity index (χ1n) is 11.0. The second-order valence-electron chi connectivity index (χ2n) is 7.89. The molecule has 1 aromatic heterocycles. The molecule has 0 bridgehead atoms. The summed E-state index contributed by atoms with van der Waals surface area (Å²) in [6.07, 6.45) is -4.71. The summed E-state index contributed by atoms with van der Waals surface area (Å²) in [6.45, 7) is 1.03. The Morgan fingerprint density at radius 2 is 1.47 bits per heavy atom. The van der Waals surface area contributed by atoms with E-state index in [9.17, 15) is 13.2 Å². The number of benzene rings is 3. The van der Waals surface area contributed by atoms with Gasteiger partial charge in [0.25, 0.3) is 0 Å². The molecule has 0 aliphatic rings. The van der Waals surface area contributed by atoms with Crippen molar-refractivity contribution >= 4 is 17.5 Å². The van der Waals surface area contributed by atoms with Crippen LogP contribution in [0.2, 0.25) is 0 Å². The van der Waals surface area contributed by atoms with Crippen LogP contribution in [0.4, 0.5) is 30.6 Å². The van der Waals surface area contributed by atoms with Crippen molar-refractivity contribution in [3.63, 3.8) is 0 Å². The fourth-order valence-corrected chi connectivity index (χ4v) is 3.57. The first-order chi connectivity index (χ1) is 17.3. The minimum atomic E-state index is -4.71. The van der Waals surface area contributed by atoms with Gasteiger partial charge in [-0.1, -0.05) is 54.6 Å². The van der Waals surface area contributed by atoms with Gasteiger partial charge in [0.15, 0.2) is 0 Å². The zero-order valence-corrected chi connectivity index (χ0v) is 19.1. The van der Waals surface area contributed by atoms with Crippen LogP contribution < -0.4 is 21.5 Å². The molecule has 4 rings (SSSR count). The van der Waals surface area contributed by atoms with Crippen LogP contribution in [0.5, 0.6) is 5.75 Å². The van der Waals surface area contributed by atoms with E-state index in [1.54, 1.807) is 12.1 Å². The normalized spacial score (nSPS) is 11.3. The number of nitrogens with zero attached hydrogens (tertiary/aromatic N) is 2. The molecule has 0 fully saturated rings. The molecule has 0 saturated carbocycles. The number of hydrogen-bond acceptors (Lipinski definition) is 7. The summed E-state index contributed by atoms with van der Waals surface area (Å²) in [4.78, 5) is 8.43. The molecule has 0 aliphatic carbocycles. The predicted octanol–water partition coefficient (Wildman–Crippen LogP) is 5.54. The molecule has 0 amide bonds. The molecule has 0 spiro atoms. The molecule has 7 nitrogen and oxygen atoms in total. The topological polar surface area (TPSA) is 108 Å². The Balaban J connectivity index is 1.41. The lowest BCUT2D eigenvalue weighted by molar-refractivity contribution is -0.274. The number of nitrogens with one attached hydrogen (secondary N) is 1. The van der Waals surface area contributed by atoms with Crippen molar-refractivity contribution in [3.05, 3.63) is 95.7 Å². The summed E-state index contributed by atoms with van der Waals surface area (Å²) in [5, 5.41) is 3.23. The Labute approximate surface area is 205 Å². The van der Waals surface area contributed by atoms with Gasteiger partial charge in [0.05, 0.1) is 18.9 Å². The molecule has 0 aliphatic heterocycles. The highest BCUT2D eigenvalue weighted by molar-refractivity contribution is 5.77. The van der Waals surface area contributed by atoms with Gasteiger partial charge in [0.1, 0.15) is 11.6 Å². The number of anilines is 3. The van der Waals surface area contributed by atoms with Crippen molar-refractivity contribution in [3.8, 4) is 16.9 Å². The largest absolute Gasteiger partial charge is 0.573 e. The smallest absolute Gasteiger partial charge is 0.406 e. The van der Waals surface area contributed by atoms with Crippen molar-refractivity contribution in [2.45, 2.75) is 26.1 Å². The van der Waals surface area contributed by atoms with Crippen LogP contribution in [0.25, 0.3) is 11.1 Å². The maximum Gasteiger partial charge on any atom is 0.573 e. The summed E-state index contributed by atoms with van der Waals surface area (Å²) in [5.74, 6) is 0.0599. The van der Waals surface area contributed by atoms with Gasteiger partial charge in [-0.15, -0.1) is 13.2 Å². The van der Waals surface area contributed by atoms with E-state index in [-0.39, 0.29) is 24.1 Å². The molecule has 0 radical (unpaired) electrons. The van der Waals surface area contributed by atoms with E-state index >= 15 is 0 Å². The van der Waals surface area contributed by atoms with E-state index in [4.69, 9.17) is 16.2 Å². The summed E-state index contributed by atoms with van der Waals surface area (Å²) in [7, 11) is 0. The molecular weight excluding hydrogens is 471 g/mol. The van der Waals surface area contributed by atoms with Crippen LogP contribution in [-0.2, 0) is 24.5 Å². The van der Waals surface area contributed by atoms with Crippen molar-refractivity contribution < 1.29 is 22.6 Å². The van der Waals surface area contributed by atoms with Gasteiger partial charge in [-0.25, -0.2) is 4.98 Å². The molecule has 3 aromatic carbocycles. The van der Waals surface area contributed by atoms with Crippen LogP contribution in [-0.4, -0.2) is 16.3 Å². The second kappa shape index (κ2) is 11.0. The summed E-state index contributed by atoms with van der Waals surface area (Å²) in [5.41, 5.74) is 16.7. The van der Waals surface area contributed by atoms with Crippen LogP contribution in [0.15, 0.2) is 78.9 Å². The Hall–Kier alpha value is -4.31. The van der Waals surface area contributed by atoms with Crippen molar-refractivity contribution in [1.29, 1.82) is 0 Å². The molecule has 0 unspecified atom stereocenters. The Kier molecular flexibility index (Phi) is 7.55. The van der Waals surface area contributed by atoms with E-state index in [1.807, 2.05) is 54.6 Å². The van der Waals surface area contributed by atoms with Crippen LogP contribution >= 0.6 is 0 Å². The number of halogens is 3. The van der Waals surface area contributed by atoms with E-state index in [0.717, 1.165) is 22.4 Å². The van der Waals surface area contributed by atoms with Gasteiger partial charge in [-0.05, 0) is 41.0 Å². The Bertz CT molecular complexity index is 1280. The molecule has 10 heteroatoms. The number of aromatic nitrogens is 2. The molecule has 0 saturated heterocycles. The quantitative estimate of drug-likeness (QED) is 0.280. The molecule has 1 heterocycles. The van der Waals surface area contributed by atoms with Crippen molar-refractivity contribution in [2.24, 2.45) is 0 Å². The summed E-state index contributed by atoms with van der Waals surface area (Å²) >= 11 is 0. The first kappa shape index (κ1) is 24.8. The van der Waals surface area contributed by atoms with Crippen LogP contribution in [0.3, 0.4) is 0 Å². The highest BCUT2D eigenvalue weighted by Crippen LogP contribution is 2.30.